The molecular formula is C16H26N2O2S. The lowest BCUT2D eigenvalue weighted by atomic mass is 9.81. The van der Waals surface area contributed by atoms with E-state index in [2.05, 4.69) is 9.62 Å². The van der Waals surface area contributed by atoms with E-state index in [0.29, 0.717) is 11.4 Å². The van der Waals surface area contributed by atoms with Gasteiger partial charge >= 0.3 is 0 Å². The molecule has 21 heavy (non-hydrogen) atoms. The van der Waals surface area contributed by atoms with E-state index in [1.54, 1.807) is 12.1 Å². The summed E-state index contributed by atoms with van der Waals surface area (Å²) in [5.41, 5.74) is 0.737. The SMILES string of the molecule is Cc1ccccc1S(=O)(=O)NCC1(N(C)C)CCCCC1. The zero-order chi connectivity index (χ0) is 15.5. The van der Waals surface area contributed by atoms with Gasteiger partial charge in [-0.25, -0.2) is 13.1 Å². The third-order valence-corrected chi connectivity index (χ3v) is 6.27. The Balaban J connectivity index is 2.15. The molecule has 1 saturated carbocycles. The van der Waals surface area contributed by atoms with Gasteiger partial charge < -0.3 is 4.90 Å². The Labute approximate surface area is 128 Å². The summed E-state index contributed by atoms with van der Waals surface area (Å²) >= 11 is 0. The summed E-state index contributed by atoms with van der Waals surface area (Å²) in [5, 5.41) is 0. The first-order chi connectivity index (χ1) is 9.87. The Morgan fingerprint density at radius 1 is 1.14 bits per heavy atom. The first-order valence-electron chi connectivity index (χ1n) is 7.60. The molecule has 118 valence electrons. The van der Waals surface area contributed by atoms with Gasteiger partial charge in [0.2, 0.25) is 10.0 Å². The minimum Gasteiger partial charge on any atom is -0.302 e. The summed E-state index contributed by atoms with van der Waals surface area (Å²) in [6, 6.07) is 7.12. The van der Waals surface area contributed by atoms with Gasteiger partial charge in [-0.05, 0) is 45.5 Å². The molecule has 0 aromatic heterocycles. The minimum atomic E-state index is -3.44. The van der Waals surface area contributed by atoms with Crippen molar-refractivity contribution in [3.05, 3.63) is 29.8 Å². The second kappa shape index (κ2) is 6.46. The molecule has 0 atom stereocenters. The van der Waals surface area contributed by atoms with E-state index in [1.165, 1.54) is 19.3 Å². The number of hydrogen-bond donors (Lipinski definition) is 1. The summed E-state index contributed by atoms with van der Waals surface area (Å²) in [6.07, 6.45) is 5.70. The molecule has 1 N–H and O–H groups in total. The third kappa shape index (κ3) is 3.65. The highest BCUT2D eigenvalue weighted by atomic mass is 32.2. The number of hydrogen-bond acceptors (Lipinski definition) is 3. The van der Waals surface area contributed by atoms with Crippen LogP contribution in [0.2, 0.25) is 0 Å². The number of sulfonamides is 1. The summed E-state index contributed by atoms with van der Waals surface area (Å²) in [4.78, 5) is 2.57. The normalized spacial score (nSPS) is 18.9. The van der Waals surface area contributed by atoms with Gasteiger partial charge in [0.1, 0.15) is 0 Å². The Hall–Kier alpha value is -0.910. The number of nitrogens with zero attached hydrogens (tertiary/aromatic N) is 1. The highest BCUT2D eigenvalue weighted by molar-refractivity contribution is 7.89. The van der Waals surface area contributed by atoms with Crippen LogP contribution in [0.5, 0.6) is 0 Å². The van der Waals surface area contributed by atoms with Crippen LogP contribution >= 0.6 is 0 Å². The Kier molecular flexibility index (Phi) is 5.07. The third-order valence-electron chi connectivity index (χ3n) is 4.71. The summed E-state index contributed by atoms with van der Waals surface area (Å²) < 4.78 is 27.9. The van der Waals surface area contributed by atoms with Gasteiger partial charge in [-0.1, -0.05) is 37.5 Å². The molecule has 0 spiro atoms. The van der Waals surface area contributed by atoms with E-state index in [0.717, 1.165) is 18.4 Å². The zero-order valence-electron chi connectivity index (χ0n) is 13.2. The quantitative estimate of drug-likeness (QED) is 0.909. The van der Waals surface area contributed by atoms with Crippen LogP contribution in [0.25, 0.3) is 0 Å². The summed E-state index contributed by atoms with van der Waals surface area (Å²) in [6.45, 7) is 2.31. The van der Waals surface area contributed by atoms with Crippen molar-refractivity contribution in [2.75, 3.05) is 20.6 Å². The predicted octanol–water partition coefficient (Wildman–Crippen LogP) is 2.54. The fourth-order valence-corrected chi connectivity index (χ4v) is 4.52. The van der Waals surface area contributed by atoms with E-state index in [9.17, 15) is 8.42 Å². The highest BCUT2D eigenvalue weighted by Gasteiger charge is 2.35. The number of nitrogens with one attached hydrogen (secondary N) is 1. The number of aryl methyl sites for hydroxylation is 1. The predicted molar refractivity (Wildman–Crippen MR) is 85.9 cm³/mol. The molecule has 0 saturated heterocycles. The molecule has 2 rings (SSSR count). The second-order valence-electron chi connectivity index (χ2n) is 6.27. The van der Waals surface area contributed by atoms with Gasteiger partial charge in [-0.3, -0.25) is 0 Å². The number of rotatable bonds is 5. The average molecular weight is 310 g/mol. The maximum absolute atomic E-state index is 12.5. The van der Waals surface area contributed by atoms with E-state index in [-0.39, 0.29) is 5.54 Å². The van der Waals surface area contributed by atoms with E-state index < -0.39 is 10.0 Å². The van der Waals surface area contributed by atoms with Gasteiger partial charge in [0, 0.05) is 12.1 Å². The molecule has 0 unspecified atom stereocenters. The van der Waals surface area contributed by atoms with Crippen molar-refractivity contribution < 1.29 is 8.42 Å². The monoisotopic (exact) mass is 310 g/mol. The maximum atomic E-state index is 12.5. The number of benzene rings is 1. The molecule has 0 aliphatic heterocycles. The van der Waals surface area contributed by atoms with E-state index in [1.807, 2.05) is 33.2 Å². The second-order valence-corrected chi connectivity index (χ2v) is 8.00. The standard InChI is InChI=1S/C16H26N2O2S/c1-14-9-5-6-10-15(14)21(19,20)17-13-16(18(2)3)11-7-4-8-12-16/h5-6,9-10,17H,4,7-8,11-13H2,1-3H3. The lowest BCUT2D eigenvalue weighted by Gasteiger charge is -2.43. The molecule has 1 aromatic carbocycles. The maximum Gasteiger partial charge on any atom is 0.240 e. The molecule has 0 heterocycles. The molecule has 1 fully saturated rings. The number of likely N-dealkylation sites (N-methyl/N-ethyl adjacent to an activating group) is 1. The van der Waals surface area contributed by atoms with Crippen molar-refractivity contribution in [3.63, 3.8) is 0 Å². The smallest absolute Gasteiger partial charge is 0.240 e. The molecule has 5 heteroatoms. The zero-order valence-corrected chi connectivity index (χ0v) is 14.0. The Bertz CT molecular complexity index is 576. The van der Waals surface area contributed by atoms with Crippen molar-refractivity contribution in [2.45, 2.75) is 49.5 Å². The molecule has 4 nitrogen and oxygen atoms in total. The first-order valence-corrected chi connectivity index (χ1v) is 9.08. The van der Waals surface area contributed by atoms with Crippen LogP contribution in [-0.2, 0) is 10.0 Å². The van der Waals surface area contributed by atoms with Crippen LogP contribution in [0, 0.1) is 6.92 Å². The van der Waals surface area contributed by atoms with Crippen LogP contribution in [0.3, 0.4) is 0 Å². The lowest BCUT2D eigenvalue weighted by molar-refractivity contribution is 0.105. The minimum absolute atomic E-state index is 0.0476. The van der Waals surface area contributed by atoms with Crippen LogP contribution in [0.4, 0.5) is 0 Å². The highest BCUT2D eigenvalue weighted by Crippen LogP contribution is 2.32. The summed E-state index contributed by atoms with van der Waals surface area (Å²) in [7, 11) is 0.659. The Morgan fingerprint density at radius 2 is 1.76 bits per heavy atom. The van der Waals surface area contributed by atoms with E-state index in [4.69, 9.17) is 0 Å². The van der Waals surface area contributed by atoms with Gasteiger partial charge in [-0.15, -0.1) is 0 Å². The molecule has 1 aromatic rings. The summed E-state index contributed by atoms with van der Waals surface area (Å²) in [5.74, 6) is 0. The fourth-order valence-electron chi connectivity index (χ4n) is 3.16. The molecule has 1 aliphatic carbocycles. The van der Waals surface area contributed by atoms with Crippen molar-refractivity contribution in [3.8, 4) is 0 Å². The van der Waals surface area contributed by atoms with Gasteiger partial charge in [0.05, 0.1) is 4.90 Å². The fraction of sp³-hybridized carbons (Fsp3) is 0.625. The van der Waals surface area contributed by atoms with Crippen LogP contribution in [0.15, 0.2) is 29.2 Å². The van der Waals surface area contributed by atoms with E-state index >= 15 is 0 Å². The van der Waals surface area contributed by atoms with Crippen LogP contribution in [0.1, 0.15) is 37.7 Å². The molecule has 1 aliphatic rings. The lowest BCUT2D eigenvalue weighted by Crippen LogP contribution is -2.53. The van der Waals surface area contributed by atoms with Crippen LogP contribution in [-0.4, -0.2) is 39.5 Å². The van der Waals surface area contributed by atoms with Gasteiger partial charge in [-0.2, -0.15) is 0 Å². The molecule has 0 radical (unpaired) electrons. The molecular weight excluding hydrogens is 284 g/mol. The average Bonchev–Trinajstić information content (AvgIpc) is 2.46. The van der Waals surface area contributed by atoms with Crippen LogP contribution < -0.4 is 4.72 Å². The van der Waals surface area contributed by atoms with Gasteiger partial charge in [0.15, 0.2) is 0 Å². The van der Waals surface area contributed by atoms with Crippen molar-refractivity contribution in [2.24, 2.45) is 0 Å². The first kappa shape index (κ1) is 16.5. The molecule has 0 amide bonds. The molecule has 0 bridgehead atoms. The largest absolute Gasteiger partial charge is 0.302 e. The topological polar surface area (TPSA) is 49.4 Å². The van der Waals surface area contributed by atoms with Crippen molar-refractivity contribution in [1.29, 1.82) is 0 Å². The Morgan fingerprint density at radius 3 is 2.33 bits per heavy atom. The van der Waals surface area contributed by atoms with Gasteiger partial charge in [0.25, 0.3) is 0 Å². The van der Waals surface area contributed by atoms with Crippen molar-refractivity contribution in [1.82, 2.24) is 9.62 Å². The van der Waals surface area contributed by atoms with Crippen molar-refractivity contribution >= 4 is 10.0 Å².